The van der Waals surface area contributed by atoms with E-state index in [1.54, 1.807) is 33.0 Å². The van der Waals surface area contributed by atoms with Crippen molar-refractivity contribution in [2.75, 3.05) is 19.6 Å². The third-order valence-corrected chi connectivity index (χ3v) is 3.98. The van der Waals surface area contributed by atoms with E-state index in [1.165, 1.54) is 0 Å². The Balaban J connectivity index is 2.08. The van der Waals surface area contributed by atoms with Gasteiger partial charge >= 0.3 is 12.1 Å². The minimum atomic E-state index is -1.20. The largest absolute Gasteiger partial charge is 0.480 e. The van der Waals surface area contributed by atoms with Crippen molar-refractivity contribution in [2.24, 2.45) is 0 Å². The zero-order valence-electron chi connectivity index (χ0n) is 17.4. The maximum atomic E-state index is 12.7. The summed E-state index contributed by atoms with van der Waals surface area (Å²) in [7, 11) is 0. The average molecular weight is 418 g/mol. The molecule has 0 unspecified atom stereocenters. The van der Waals surface area contributed by atoms with Gasteiger partial charge in [0.1, 0.15) is 17.8 Å². The Bertz CT molecular complexity index is 1010. The number of aliphatic carboxylic acids is 1. The molecule has 162 valence electrons. The maximum absolute atomic E-state index is 12.7. The molecule has 2 rings (SSSR count). The van der Waals surface area contributed by atoms with Crippen molar-refractivity contribution in [3.05, 3.63) is 39.8 Å². The van der Waals surface area contributed by atoms with Crippen LogP contribution in [0.5, 0.6) is 0 Å². The van der Waals surface area contributed by atoms with Crippen LogP contribution < -0.4 is 10.9 Å². The van der Waals surface area contributed by atoms with Gasteiger partial charge in [-0.1, -0.05) is 0 Å². The summed E-state index contributed by atoms with van der Waals surface area (Å²) in [5.74, 6) is -1.75. The fourth-order valence-corrected chi connectivity index (χ4v) is 2.72. The Morgan fingerprint density at radius 3 is 2.60 bits per heavy atom. The Hall–Kier alpha value is -3.43. The number of hydrogen-bond donors (Lipinski definition) is 3. The van der Waals surface area contributed by atoms with Gasteiger partial charge in [-0.3, -0.25) is 14.4 Å². The molecule has 10 heteroatoms. The normalized spacial score (nSPS) is 11.2. The monoisotopic (exact) mass is 418 g/mol. The van der Waals surface area contributed by atoms with Crippen molar-refractivity contribution in [1.29, 1.82) is 0 Å². The second-order valence-corrected chi connectivity index (χ2v) is 7.89. The number of alkyl carbamates (subject to hydrolysis) is 1. The molecule has 0 aliphatic carbocycles. The quantitative estimate of drug-likeness (QED) is 0.613. The Morgan fingerprint density at radius 2 is 1.97 bits per heavy atom. The SMILES string of the molecule is Cc1cnc2[nH]c(=O)c(CC(=O)N(CCNC(=O)OC(C)(C)C)CC(=O)O)cc2c1. The van der Waals surface area contributed by atoms with Crippen LogP contribution in [0, 0.1) is 6.92 Å². The predicted molar refractivity (Wildman–Crippen MR) is 109 cm³/mol. The summed E-state index contributed by atoms with van der Waals surface area (Å²) in [5.41, 5.74) is 0.369. The lowest BCUT2D eigenvalue weighted by Gasteiger charge is -2.22. The summed E-state index contributed by atoms with van der Waals surface area (Å²) in [6.07, 6.45) is 0.674. The molecule has 0 bridgehead atoms. The first-order valence-corrected chi connectivity index (χ1v) is 9.39. The van der Waals surface area contributed by atoms with E-state index in [-0.39, 0.29) is 25.1 Å². The number of aromatic amines is 1. The van der Waals surface area contributed by atoms with Gasteiger partial charge < -0.3 is 25.0 Å². The summed E-state index contributed by atoms with van der Waals surface area (Å²) >= 11 is 0. The number of nitrogens with zero attached hydrogens (tertiary/aromatic N) is 2. The van der Waals surface area contributed by atoms with E-state index in [9.17, 15) is 19.2 Å². The Kier molecular flexibility index (Phi) is 7.14. The Morgan fingerprint density at radius 1 is 1.27 bits per heavy atom. The molecule has 2 amide bonds. The van der Waals surface area contributed by atoms with Crippen molar-refractivity contribution in [3.63, 3.8) is 0 Å². The fourth-order valence-electron chi connectivity index (χ4n) is 2.72. The average Bonchev–Trinajstić information content (AvgIpc) is 2.60. The van der Waals surface area contributed by atoms with Gasteiger partial charge in [0, 0.05) is 30.2 Å². The number of pyridine rings is 2. The van der Waals surface area contributed by atoms with Crippen LogP contribution in [0.3, 0.4) is 0 Å². The van der Waals surface area contributed by atoms with Gasteiger partial charge in [-0.2, -0.15) is 0 Å². The molecule has 2 aromatic rings. The van der Waals surface area contributed by atoms with Crippen LogP contribution in [-0.2, 0) is 20.7 Å². The number of carboxylic acid groups (broad SMARTS) is 1. The number of hydrogen-bond acceptors (Lipinski definition) is 6. The highest BCUT2D eigenvalue weighted by Crippen LogP contribution is 2.11. The number of nitrogens with one attached hydrogen (secondary N) is 2. The molecule has 0 radical (unpaired) electrons. The van der Waals surface area contributed by atoms with E-state index >= 15 is 0 Å². The Labute approximate surface area is 173 Å². The lowest BCUT2D eigenvalue weighted by atomic mass is 10.1. The first-order valence-electron chi connectivity index (χ1n) is 9.39. The lowest BCUT2D eigenvalue weighted by molar-refractivity contribution is -0.144. The highest BCUT2D eigenvalue weighted by Gasteiger charge is 2.20. The standard InChI is InChI=1S/C20H26N4O6/c1-12-7-13-8-14(18(28)23-17(13)22-10-12)9-15(25)24(11-16(26)27)6-5-21-19(29)30-20(2,3)4/h7-8,10H,5-6,9,11H2,1-4H3,(H,21,29)(H,26,27)(H,22,23,28). The van der Waals surface area contributed by atoms with E-state index in [2.05, 4.69) is 15.3 Å². The molecular weight excluding hydrogens is 392 g/mol. The molecule has 0 spiro atoms. The lowest BCUT2D eigenvalue weighted by Crippen LogP contribution is -2.43. The van der Waals surface area contributed by atoms with Crippen molar-refractivity contribution in [3.8, 4) is 0 Å². The molecule has 0 aromatic carbocycles. The zero-order chi connectivity index (χ0) is 22.5. The zero-order valence-corrected chi connectivity index (χ0v) is 17.4. The third-order valence-electron chi connectivity index (χ3n) is 3.98. The van der Waals surface area contributed by atoms with E-state index in [4.69, 9.17) is 9.84 Å². The van der Waals surface area contributed by atoms with Gasteiger partial charge in [-0.25, -0.2) is 9.78 Å². The van der Waals surface area contributed by atoms with Crippen LogP contribution >= 0.6 is 0 Å². The van der Waals surface area contributed by atoms with Crippen LogP contribution in [0.1, 0.15) is 31.9 Å². The molecule has 2 heterocycles. The number of carboxylic acids is 1. The molecule has 0 saturated carbocycles. The van der Waals surface area contributed by atoms with Gasteiger partial charge in [-0.15, -0.1) is 0 Å². The maximum Gasteiger partial charge on any atom is 0.407 e. The van der Waals surface area contributed by atoms with Gasteiger partial charge in [0.25, 0.3) is 5.56 Å². The summed E-state index contributed by atoms with van der Waals surface area (Å²) in [5, 5.41) is 12.3. The second-order valence-electron chi connectivity index (χ2n) is 7.89. The topological polar surface area (TPSA) is 142 Å². The smallest absolute Gasteiger partial charge is 0.407 e. The minimum Gasteiger partial charge on any atom is -0.480 e. The number of ether oxygens (including phenoxy) is 1. The van der Waals surface area contributed by atoms with Crippen LogP contribution in [0.2, 0.25) is 0 Å². The van der Waals surface area contributed by atoms with E-state index in [0.29, 0.717) is 11.0 Å². The van der Waals surface area contributed by atoms with Gasteiger partial charge in [0.15, 0.2) is 0 Å². The molecule has 30 heavy (non-hydrogen) atoms. The van der Waals surface area contributed by atoms with Crippen molar-refractivity contribution in [1.82, 2.24) is 20.2 Å². The van der Waals surface area contributed by atoms with Gasteiger partial charge in [0.05, 0.1) is 6.42 Å². The summed E-state index contributed by atoms with van der Waals surface area (Å²) in [6, 6.07) is 3.40. The first-order chi connectivity index (χ1) is 13.9. The number of carbonyl (C=O) groups excluding carboxylic acids is 2. The number of rotatable bonds is 7. The number of aryl methyl sites for hydroxylation is 1. The molecule has 2 aromatic heterocycles. The number of carbonyl (C=O) groups is 3. The highest BCUT2D eigenvalue weighted by molar-refractivity contribution is 5.84. The van der Waals surface area contributed by atoms with Crippen molar-refractivity contribution in [2.45, 2.75) is 39.7 Å². The number of amides is 2. The van der Waals surface area contributed by atoms with Crippen LogP contribution in [0.25, 0.3) is 11.0 Å². The first kappa shape index (κ1) is 22.9. The minimum absolute atomic E-state index is 0.00508. The molecule has 10 nitrogen and oxygen atoms in total. The van der Waals surface area contributed by atoms with E-state index < -0.39 is 35.7 Å². The number of H-pyrrole nitrogens is 1. The third kappa shape index (κ3) is 6.87. The molecule has 0 aliphatic rings. The van der Waals surface area contributed by atoms with Crippen molar-refractivity contribution < 1.29 is 24.2 Å². The van der Waals surface area contributed by atoms with E-state index in [1.807, 2.05) is 13.0 Å². The molecule has 0 saturated heterocycles. The van der Waals surface area contributed by atoms with Crippen LogP contribution in [-0.4, -0.2) is 63.2 Å². The van der Waals surface area contributed by atoms with Gasteiger partial charge in [-0.05, 0) is 45.4 Å². The van der Waals surface area contributed by atoms with Crippen LogP contribution in [0.4, 0.5) is 4.79 Å². The second kappa shape index (κ2) is 9.38. The molecule has 0 fully saturated rings. The number of fused-ring (bicyclic) bond motifs is 1. The molecule has 3 N–H and O–H groups in total. The number of aromatic nitrogens is 2. The summed E-state index contributed by atoms with van der Waals surface area (Å²) < 4.78 is 5.10. The van der Waals surface area contributed by atoms with Gasteiger partial charge in [0.2, 0.25) is 5.91 Å². The molecule has 0 atom stereocenters. The van der Waals surface area contributed by atoms with Crippen molar-refractivity contribution >= 4 is 29.0 Å². The fraction of sp³-hybridized carbons (Fsp3) is 0.450. The summed E-state index contributed by atoms with van der Waals surface area (Å²) in [4.78, 5) is 55.6. The summed E-state index contributed by atoms with van der Waals surface area (Å²) in [6.45, 7) is 6.40. The highest BCUT2D eigenvalue weighted by atomic mass is 16.6. The molecule has 0 aliphatic heterocycles. The molecular formula is C20H26N4O6. The van der Waals surface area contributed by atoms with E-state index in [0.717, 1.165) is 10.5 Å². The van der Waals surface area contributed by atoms with Crippen LogP contribution in [0.15, 0.2) is 23.1 Å². The predicted octanol–water partition coefficient (Wildman–Crippen LogP) is 1.21.